The van der Waals surface area contributed by atoms with E-state index < -0.39 is 0 Å². The van der Waals surface area contributed by atoms with E-state index in [9.17, 15) is 0 Å². The second-order valence-electron chi connectivity index (χ2n) is 5.30. The summed E-state index contributed by atoms with van der Waals surface area (Å²) >= 11 is 2.34. The van der Waals surface area contributed by atoms with E-state index in [-0.39, 0.29) is 5.54 Å². The third kappa shape index (κ3) is 3.25. The van der Waals surface area contributed by atoms with Crippen molar-refractivity contribution < 1.29 is 0 Å². The lowest BCUT2D eigenvalue weighted by atomic mass is 10.1. The van der Waals surface area contributed by atoms with Crippen molar-refractivity contribution in [3.05, 3.63) is 45.8 Å². The van der Waals surface area contributed by atoms with Crippen LogP contribution in [0.2, 0.25) is 0 Å². The van der Waals surface area contributed by atoms with Gasteiger partial charge in [0.1, 0.15) is 0 Å². The predicted molar refractivity (Wildman–Crippen MR) is 83.7 cm³/mol. The van der Waals surface area contributed by atoms with Gasteiger partial charge in [-0.25, -0.2) is 0 Å². The summed E-state index contributed by atoms with van der Waals surface area (Å²) in [6, 6.07) is 8.28. The molecule has 0 unspecified atom stereocenters. The highest BCUT2D eigenvalue weighted by atomic mass is 127. The summed E-state index contributed by atoms with van der Waals surface area (Å²) in [7, 11) is 0. The van der Waals surface area contributed by atoms with Crippen LogP contribution in [0.25, 0.3) is 0 Å². The van der Waals surface area contributed by atoms with Gasteiger partial charge in [0, 0.05) is 27.6 Å². The number of halogens is 1. The fourth-order valence-electron chi connectivity index (χ4n) is 1.62. The molecule has 96 valence electrons. The van der Waals surface area contributed by atoms with E-state index in [4.69, 9.17) is 0 Å². The fourth-order valence-corrected chi connectivity index (χ4v) is 2.20. The number of aromatic nitrogens is 2. The van der Waals surface area contributed by atoms with Crippen molar-refractivity contribution in [2.24, 2.45) is 0 Å². The second-order valence-corrected chi connectivity index (χ2v) is 6.46. The van der Waals surface area contributed by atoms with Gasteiger partial charge in [0.25, 0.3) is 0 Å². The lowest BCUT2D eigenvalue weighted by Gasteiger charge is -2.18. The van der Waals surface area contributed by atoms with Crippen molar-refractivity contribution in [2.75, 3.05) is 5.32 Å². The summed E-state index contributed by atoms with van der Waals surface area (Å²) in [4.78, 5) is 0. The molecule has 2 aromatic rings. The lowest BCUT2D eigenvalue weighted by Crippen LogP contribution is -2.21. The summed E-state index contributed by atoms with van der Waals surface area (Å²) in [5.41, 5.74) is 2.41. The normalized spacial score (nSPS) is 11.6. The molecule has 1 N–H and O–H groups in total. The molecule has 2 rings (SSSR count). The quantitative estimate of drug-likeness (QED) is 0.848. The Hall–Kier alpha value is -1.04. The van der Waals surface area contributed by atoms with E-state index in [1.807, 2.05) is 23.0 Å². The Bertz CT molecular complexity index is 526. The Balaban J connectivity index is 2.03. The van der Waals surface area contributed by atoms with Crippen LogP contribution < -0.4 is 5.32 Å². The average Bonchev–Trinajstić information content (AvgIpc) is 2.76. The van der Waals surface area contributed by atoms with Crippen LogP contribution in [-0.2, 0) is 12.1 Å². The van der Waals surface area contributed by atoms with E-state index in [2.05, 4.69) is 72.1 Å². The molecule has 0 spiro atoms. The molecule has 0 atom stereocenters. The molecule has 4 heteroatoms. The first-order chi connectivity index (χ1) is 8.47. The lowest BCUT2D eigenvalue weighted by molar-refractivity contribution is 0.355. The van der Waals surface area contributed by atoms with Crippen LogP contribution >= 0.6 is 22.6 Å². The fraction of sp³-hybridized carbons (Fsp3) is 0.357. The number of nitrogens with one attached hydrogen (secondary N) is 1. The third-order valence-electron chi connectivity index (χ3n) is 2.68. The van der Waals surface area contributed by atoms with Crippen LogP contribution in [0.15, 0.2) is 36.7 Å². The number of anilines is 1. The molecule has 0 amide bonds. The summed E-state index contributed by atoms with van der Waals surface area (Å²) in [6.45, 7) is 7.25. The molecule has 0 fully saturated rings. The SMILES string of the molecule is CC(C)(C)n1cc(CNc2ccccc2I)cn1. The maximum absolute atomic E-state index is 4.40. The van der Waals surface area contributed by atoms with Gasteiger partial charge in [-0.2, -0.15) is 5.10 Å². The largest absolute Gasteiger partial charge is 0.380 e. The summed E-state index contributed by atoms with van der Waals surface area (Å²) < 4.78 is 3.23. The van der Waals surface area contributed by atoms with Crippen LogP contribution in [0.5, 0.6) is 0 Å². The highest BCUT2D eigenvalue weighted by molar-refractivity contribution is 14.1. The predicted octanol–water partition coefficient (Wildman–Crippen LogP) is 3.85. The number of rotatable bonds is 3. The van der Waals surface area contributed by atoms with Crippen LogP contribution in [-0.4, -0.2) is 9.78 Å². The maximum atomic E-state index is 4.40. The molecule has 0 aliphatic rings. The number of benzene rings is 1. The van der Waals surface area contributed by atoms with Crippen LogP contribution in [0.3, 0.4) is 0 Å². The number of hydrogen-bond donors (Lipinski definition) is 1. The van der Waals surface area contributed by atoms with Gasteiger partial charge in [0.2, 0.25) is 0 Å². The zero-order valence-corrected chi connectivity index (χ0v) is 13.1. The Labute approximate surface area is 122 Å². The van der Waals surface area contributed by atoms with Crippen molar-refractivity contribution in [1.29, 1.82) is 0 Å². The van der Waals surface area contributed by atoms with Gasteiger partial charge in [0.15, 0.2) is 0 Å². The van der Waals surface area contributed by atoms with Crippen LogP contribution in [0, 0.1) is 3.57 Å². The van der Waals surface area contributed by atoms with Gasteiger partial charge in [-0.1, -0.05) is 12.1 Å². The molecular weight excluding hydrogens is 337 g/mol. The van der Waals surface area contributed by atoms with Crippen molar-refractivity contribution in [2.45, 2.75) is 32.9 Å². The zero-order chi connectivity index (χ0) is 13.2. The molecular formula is C14H18IN3. The minimum Gasteiger partial charge on any atom is -0.380 e. The average molecular weight is 355 g/mol. The van der Waals surface area contributed by atoms with Crippen LogP contribution in [0.4, 0.5) is 5.69 Å². The Morgan fingerprint density at radius 2 is 2.00 bits per heavy atom. The van der Waals surface area contributed by atoms with Crippen molar-refractivity contribution >= 4 is 28.3 Å². The van der Waals surface area contributed by atoms with E-state index in [0.717, 1.165) is 6.54 Å². The number of hydrogen-bond acceptors (Lipinski definition) is 2. The molecule has 1 heterocycles. The van der Waals surface area contributed by atoms with Gasteiger partial charge < -0.3 is 5.32 Å². The van der Waals surface area contributed by atoms with Crippen molar-refractivity contribution in [1.82, 2.24) is 9.78 Å². The molecule has 0 aliphatic carbocycles. The highest BCUT2D eigenvalue weighted by Crippen LogP contribution is 2.18. The maximum Gasteiger partial charge on any atom is 0.0543 e. The molecule has 0 bridgehead atoms. The van der Waals surface area contributed by atoms with E-state index in [1.165, 1.54) is 14.8 Å². The first-order valence-corrected chi connectivity index (χ1v) is 7.07. The van der Waals surface area contributed by atoms with Gasteiger partial charge in [0.05, 0.1) is 11.7 Å². The standard InChI is InChI=1S/C14H18IN3/c1-14(2,3)18-10-11(9-17-18)8-16-13-7-5-4-6-12(13)15/h4-7,9-10,16H,8H2,1-3H3. The molecule has 1 aromatic heterocycles. The molecule has 18 heavy (non-hydrogen) atoms. The minimum absolute atomic E-state index is 0.0411. The number of nitrogens with zero attached hydrogens (tertiary/aromatic N) is 2. The summed E-state index contributed by atoms with van der Waals surface area (Å²) in [6.07, 6.45) is 4.02. The van der Waals surface area contributed by atoms with Gasteiger partial charge >= 0.3 is 0 Å². The highest BCUT2D eigenvalue weighted by Gasteiger charge is 2.13. The van der Waals surface area contributed by atoms with Crippen molar-refractivity contribution in [3.8, 4) is 0 Å². The van der Waals surface area contributed by atoms with E-state index >= 15 is 0 Å². The molecule has 0 saturated carbocycles. The third-order valence-corrected chi connectivity index (χ3v) is 3.62. The van der Waals surface area contributed by atoms with Gasteiger partial charge in [-0.15, -0.1) is 0 Å². The smallest absolute Gasteiger partial charge is 0.0543 e. The Morgan fingerprint density at radius 1 is 1.28 bits per heavy atom. The van der Waals surface area contributed by atoms with E-state index in [0.29, 0.717) is 0 Å². The summed E-state index contributed by atoms with van der Waals surface area (Å²) in [5.74, 6) is 0. The Kier molecular flexibility index (Phi) is 3.94. The number of para-hydroxylation sites is 1. The zero-order valence-electron chi connectivity index (χ0n) is 10.9. The molecule has 0 aliphatic heterocycles. The molecule has 0 radical (unpaired) electrons. The van der Waals surface area contributed by atoms with Crippen LogP contribution in [0.1, 0.15) is 26.3 Å². The monoisotopic (exact) mass is 355 g/mol. The molecule has 3 nitrogen and oxygen atoms in total. The van der Waals surface area contributed by atoms with Crippen molar-refractivity contribution in [3.63, 3.8) is 0 Å². The van der Waals surface area contributed by atoms with Gasteiger partial charge in [-0.3, -0.25) is 4.68 Å². The Morgan fingerprint density at radius 3 is 2.61 bits per heavy atom. The van der Waals surface area contributed by atoms with Gasteiger partial charge in [-0.05, 0) is 55.5 Å². The summed E-state index contributed by atoms with van der Waals surface area (Å²) in [5, 5.41) is 7.83. The molecule has 1 aromatic carbocycles. The van der Waals surface area contributed by atoms with E-state index in [1.54, 1.807) is 0 Å². The first kappa shape index (κ1) is 13.4. The molecule has 0 saturated heterocycles. The topological polar surface area (TPSA) is 29.9 Å². The minimum atomic E-state index is 0.0411. The second kappa shape index (κ2) is 5.30. The first-order valence-electron chi connectivity index (χ1n) is 5.99.